The summed E-state index contributed by atoms with van der Waals surface area (Å²) in [5.41, 5.74) is 0. The standard InChI is InChI=1S/C18H28N4O2/c1-3-4-5-6-8-16(15(2)23)17(24)21-11-13-22(14-12-21)18-19-9-7-10-20-18/h7,9-10,16H,3-6,8,11-14H2,1-2H3. The Morgan fingerprint density at radius 2 is 1.75 bits per heavy atom. The molecule has 1 unspecified atom stereocenters. The largest absolute Gasteiger partial charge is 0.339 e. The second-order valence-corrected chi connectivity index (χ2v) is 6.37. The molecule has 6 heteroatoms. The highest BCUT2D eigenvalue weighted by Crippen LogP contribution is 2.17. The zero-order valence-electron chi connectivity index (χ0n) is 14.8. The molecular weight excluding hydrogens is 304 g/mol. The molecular formula is C18H28N4O2. The number of carbonyl (C=O) groups is 2. The van der Waals surface area contributed by atoms with Crippen molar-refractivity contribution in [2.75, 3.05) is 31.1 Å². The molecule has 6 nitrogen and oxygen atoms in total. The first-order chi connectivity index (χ1) is 11.6. The van der Waals surface area contributed by atoms with Crippen molar-refractivity contribution in [2.45, 2.75) is 46.0 Å². The Kier molecular flexibility index (Phi) is 7.15. The van der Waals surface area contributed by atoms with Crippen molar-refractivity contribution in [1.29, 1.82) is 0 Å². The summed E-state index contributed by atoms with van der Waals surface area (Å²) in [6.45, 7) is 6.35. The molecule has 24 heavy (non-hydrogen) atoms. The number of amides is 1. The van der Waals surface area contributed by atoms with Crippen LogP contribution in [-0.4, -0.2) is 52.7 Å². The lowest BCUT2D eigenvalue weighted by Crippen LogP contribution is -2.51. The maximum atomic E-state index is 12.7. The molecule has 0 bridgehead atoms. The topological polar surface area (TPSA) is 66.4 Å². The normalized spacial score (nSPS) is 16.1. The van der Waals surface area contributed by atoms with Gasteiger partial charge in [-0.15, -0.1) is 0 Å². The van der Waals surface area contributed by atoms with Gasteiger partial charge in [-0.3, -0.25) is 9.59 Å². The molecule has 1 aliphatic heterocycles. The van der Waals surface area contributed by atoms with E-state index < -0.39 is 5.92 Å². The highest BCUT2D eigenvalue weighted by atomic mass is 16.2. The van der Waals surface area contributed by atoms with Gasteiger partial charge in [0.05, 0.1) is 5.92 Å². The van der Waals surface area contributed by atoms with E-state index in [9.17, 15) is 9.59 Å². The smallest absolute Gasteiger partial charge is 0.233 e. The van der Waals surface area contributed by atoms with Crippen molar-refractivity contribution in [3.8, 4) is 0 Å². The number of carbonyl (C=O) groups excluding carboxylic acids is 2. The number of piperazine rings is 1. The maximum Gasteiger partial charge on any atom is 0.233 e. The summed E-state index contributed by atoms with van der Waals surface area (Å²) >= 11 is 0. The number of nitrogens with zero attached hydrogens (tertiary/aromatic N) is 4. The number of hydrogen-bond donors (Lipinski definition) is 0. The molecule has 1 aliphatic rings. The van der Waals surface area contributed by atoms with Crippen LogP contribution in [0.25, 0.3) is 0 Å². The van der Waals surface area contributed by atoms with E-state index in [2.05, 4.69) is 21.8 Å². The van der Waals surface area contributed by atoms with Gasteiger partial charge in [-0.05, 0) is 19.4 Å². The minimum Gasteiger partial charge on any atom is -0.339 e. The van der Waals surface area contributed by atoms with Gasteiger partial charge in [-0.1, -0.05) is 32.6 Å². The first-order valence-corrected chi connectivity index (χ1v) is 8.94. The van der Waals surface area contributed by atoms with E-state index >= 15 is 0 Å². The predicted molar refractivity (Wildman–Crippen MR) is 93.8 cm³/mol. The summed E-state index contributed by atoms with van der Waals surface area (Å²) in [6, 6.07) is 1.79. The molecule has 1 fully saturated rings. The van der Waals surface area contributed by atoms with Crippen LogP contribution in [-0.2, 0) is 9.59 Å². The lowest BCUT2D eigenvalue weighted by molar-refractivity contribution is -0.141. The van der Waals surface area contributed by atoms with E-state index in [1.165, 1.54) is 6.92 Å². The Balaban J connectivity index is 1.86. The molecule has 0 aromatic carbocycles. The molecule has 0 N–H and O–H groups in total. The molecule has 2 rings (SSSR count). The van der Waals surface area contributed by atoms with Crippen molar-refractivity contribution >= 4 is 17.6 Å². The van der Waals surface area contributed by atoms with E-state index in [-0.39, 0.29) is 11.7 Å². The fourth-order valence-electron chi connectivity index (χ4n) is 3.08. The van der Waals surface area contributed by atoms with Crippen molar-refractivity contribution in [3.63, 3.8) is 0 Å². The van der Waals surface area contributed by atoms with Gasteiger partial charge >= 0.3 is 0 Å². The SMILES string of the molecule is CCCCCCC(C(C)=O)C(=O)N1CCN(c2ncccn2)CC1. The van der Waals surface area contributed by atoms with Gasteiger partial charge in [0, 0.05) is 38.6 Å². The van der Waals surface area contributed by atoms with Crippen LogP contribution in [0, 0.1) is 5.92 Å². The van der Waals surface area contributed by atoms with E-state index in [0.717, 1.165) is 25.7 Å². The highest BCUT2D eigenvalue weighted by molar-refractivity contribution is 6.00. The summed E-state index contributed by atoms with van der Waals surface area (Å²) in [4.78, 5) is 37.0. The Morgan fingerprint density at radius 1 is 1.08 bits per heavy atom. The monoisotopic (exact) mass is 332 g/mol. The van der Waals surface area contributed by atoms with Crippen LogP contribution in [0.2, 0.25) is 0 Å². The summed E-state index contributed by atoms with van der Waals surface area (Å²) in [5, 5.41) is 0. The fourth-order valence-corrected chi connectivity index (χ4v) is 3.08. The van der Waals surface area contributed by atoms with Crippen LogP contribution in [0.15, 0.2) is 18.5 Å². The third-order valence-electron chi connectivity index (χ3n) is 4.56. The number of Topliss-reactive ketones (excluding diaryl/α,β-unsaturated/α-hetero) is 1. The molecule has 2 heterocycles. The van der Waals surface area contributed by atoms with Crippen LogP contribution in [0.1, 0.15) is 46.0 Å². The lowest BCUT2D eigenvalue weighted by atomic mass is 9.95. The van der Waals surface area contributed by atoms with Crippen molar-refractivity contribution < 1.29 is 9.59 Å². The van der Waals surface area contributed by atoms with Crippen molar-refractivity contribution in [1.82, 2.24) is 14.9 Å². The highest BCUT2D eigenvalue weighted by Gasteiger charge is 2.30. The van der Waals surface area contributed by atoms with E-state index in [1.54, 1.807) is 18.5 Å². The zero-order valence-corrected chi connectivity index (χ0v) is 14.8. The van der Waals surface area contributed by atoms with Gasteiger partial charge in [0.25, 0.3) is 0 Å². The summed E-state index contributed by atoms with van der Waals surface area (Å²) in [5.74, 6) is 0.214. The molecule has 0 spiro atoms. The summed E-state index contributed by atoms with van der Waals surface area (Å²) < 4.78 is 0. The second kappa shape index (κ2) is 9.35. The zero-order chi connectivity index (χ0) is 17.4. The van der Waals surface area contributed by atoms with E-state index in [0.29, 0.717) is 38.5 Å². The Morgan fingerprint density at radius 3 is 2.33 bits per heavy atom. The number of ketones is 1. The lowest BCUT2D eigenvalue weighted by Gasteiger charge is -2.36. The second-order valence-electron chi connectivity index (χ2n) is 6.37. The van der Waals surface area contributed by atoms with Crippen LogP contribution in [0.3, 0.4) is 0 Å². The van der Waals surface area contributed by atoms with Gasteiger partial charge < -0.3 is 9.80 Å². The van der Waals surface area contributed by atoms with Gasteiger partial charge in [0.1, 0.15) is 5.78 Å². The number of aromatic nitrogens is 2. The third kappa shape index (κ3) is 5.01. The average molecular weight is 332 g/mol. The van der Waals surface area contributed by atoms with Crippen LogP contribution >= 0.6 is 0 Å². The fraction of sp³-hybridized carbons (Fsp3) is 0.667. The van der Waals surface area contributed by atoms with Crippen LogP contribution in [0.4, 0.5) is 5.95 Å². The first-order valence-electron chi connectivity index (χ1n) is 8.94. The number of anilines is 1. The molecule has 132 valence electrons. The molecule has 0 saturated carbocycles. The molecule has 0 aliphatic carbocycles. The Hall–Kier alpha value is -1.98. The minimum absolute atomic E-state index is 0.00683. The van der Waals surface area contributed by atoms with Crippen molar-refractivity contribution in [2.24, 2.45) is 5.92 Å². The van der Waals surface area contributed by atoms with Crippen LogP contribution < -0.4 is 4.90 Å². The first kappa shape index (κ1) is 18.4. The molecule has 1 aromatic heterocycles. The third-order valence-corrected chi connectivity index (χ3v) is 4.56. The number of unbranched alkanes of at least 4 members (excludes halogenated alkanes) is 3. The predicted octanol–water partition coefficient (Wildman–Crippen LogP) is 2.30. The number of rotatable bonds is 8. The Bertz CT molecular complexity index is 527. The average Bonchev–Trinajstić information content (AvgIpc) is 2.62. The molecule has 1 aromatic rings. The minimum atomic E-state index is -0.471. The Labute approximate surface area is 144 Å². The number of hydrogen-bond acceptors (Lipinski definition) is 5. The molecule has 1 atom stereocenters. The van der Waals surface area contributed by atoms with Gasteiger partial charge in [0.15, 0.2) is 0 Å². The van der Waals surface area contributed by atoms with Gasteiger partial charge in [-0.25, -0.2) is 9.97 Å². The van der Waals surface area contributed by atoms with Gasteiger partial charge in [0.2, 0.25) is 11.9 Å². The quantitative estimate of drug-likeness (QED) is 0.540. The van der Waals surface area contributed by atoms with E-state index in [4.69, 9.17) is 0 Å². The van der Waals surface area contributed by atoms with Crippen LogP contribution in [0.5, 0.6) is 0 Å². The maximum absolute atomic E-state index is 12.7. The molecule has 0 radical (unpaired) electrons. The van der Waals surface area contributed by atoms with E-state index in [1.807, 2.05) is 4.90 Å². The molecule has 1 saturated heterocycles. The summed E-state index contributed by atoms with van der Waals surface area (Å²) in [7, 11) is 0. The molecule has 1 amide bonds. The van der Waals surface area contributed by atoms with Gasteiger partial charge in [-0.2, -0.15) is 0 Å². The van der Waals surface area contributed by atoms with Crippen molar-refractivity contribution in [3.05, 3.63) is 18.5 Å². The summed E-state index contributed by atoms with van der Waals surface area (Å²) in [6.07, 6.45) is 8.48.